The van der Waals surface area contributed by atoms with Crippen LogP contribution in [0.25, 0.3) is 11.3 Å². The molecular formula is C20H28N4O2S. The van der Waals surface area contributed by atoms with Crippen LogP contribution in [0, 0.1) is 0 Å². The Kier molecular flexibility index (Phi) is 6.01. The zero-order chi connectivity index (χ0) is 19.4. The third-order valence-corrected chi connectivity index (χ3v) is 6.48. The Bertz CT molecular complexity index is 891. The van der Waals surface area contributed by atoms with Crippen molar-refractivity contribution in [2.75, 3.05) is 31.4 Å². The number of aromatic nitrogens is 1. The number of nitrogens with zero attached hydrogens (tertiary/aromatic N) is 2. The van der Waals surface area contributed by atoms with Gasteiger partial charge in [-0.25, -0.2) is 13.1 Å². The maximum Gasteiger partial charge on any atom is 0.240 e. The topological polar surface area (TPSA) is 74.3 Å². The van der Waals surface area contributed by atoms with Crippen LogP contribution in [0.1, 0.15) is 32.1 Å². The molecule has 7 heteroatoms. The van der Waals surface area contributed by atoms with Gasteiger partial charge in [0.25, 0.3) is 0 Å². The van der Waals surface area contributed by atoms with Crippen LogP contribution < -0.4 is 14.9 Å². The largest absolute Gasteiger partial charge is 0.382 e. The summed E-state index contributed by atoms with van der Waals surface area (Å²) in [6, 6.07) is 9.55. The lowest BCUT2D eigenvalue weighted by molar-refractivity contribution is 0.463. The van der Waals surface area contributed by atoms with Gasteiger partial charge in [0, 0.05) is 43.3 Å². The Hall–Kier alpha value is -2.12. The summed E-state index contributed by atoms with van der Waals surface area (Å²) in [4.78, 5) is 6.76. The second-order valence-corrected chi connectivity index (χ2v) is 9.07. The van der Waals surface area contributed by atoms with E-state index in [9.17, 15) is 8.42 Å². The second kappa shape index (κ2) is 8.27. The summed E-state index contributed by atoms with van der Waals surface area (Å²) in [5.74, 6) is 0. The van der Waals surface area contributed by atoms with Crippen LogP contribution in [0.15, 0.2) is 41.4 Å². The first kappa shape index (κ1) is 19.6. The average molecular weight is 389 g/mol. The smallest absolute Gasteiger partial charge is 0.240 e. The van der Waals surface area contributed by atoms with Crippen molar-refractivity contribution in [2.24, 2.45) is 0 Å². The first-order valence-electron chi connectivity index (χ1n) is 9.38. The van der Waals surface area contributed by atoms with Crippen molar-refractivity contribution in [1.82, 2.24) is 9.71 Å². The van der Waals surface area contributed by atoms with Crippen molar-refractivity contribution in [3.63, 3.8) is 0 Å². The highest BCUT2D eigenvalue weighted by atomic mass is 32.2. The molecule has 0 amide bonds. The van der Waals surface area contributed by atoms with Crippen molar-refractivity contribution >= 4 is 21.4 Å². The maximum absolute atomic E-state index is 12.3. The Morgan fingerprint density at radius 2 is 1.81 bits per heavy atom. The van der Waals surface area contributed by atoms with E-state index in [4.69, 9.17) is 0 Å². The zero-order valence-corrected chi connectivity index (χ0v) is 17.0. The van der Waals surface area contributed by atoms with Gasteiger partial charge >= 0.3 is 0 Å². The number of hydrogen-bond acceptors (Lipinski definition) is 5. The van der Waals surface area contributed by atoms with E-state index in [2.05, 4.69) is 15.0 Å². The lowest BCUT2D eigenvalue weighted by atomic mass is 9.95. The minimum atomic E-state index is -3.52. The van der Waals surface area contributed by atoms with E-state index in [0.29, 0.717) is 6.04 Å². The van der Waals surface area contributed by atoms with Crippen molar-refractivity contribution in [1.29, 1.82) is 0 Å². The minimum Gasteiger partial charge on any atom is -0.382 e. The molecule has 1 heterocycles. The van der Waals surface area contributed by atoms with E-state index in [-0.39, 0.29) is 4.90 Å². The highest BCUT2D eigenvalue weighted by molar-refractivity contribution is 7.89. The minimum absolute atomic E-state index is 0.242. The molecule has 6 nitrogen and oxygen atoms in total. The number of benzene rings is 1. The van der Waals surface area contributed by atoms with Gasteiger partial charge in [-0.05, 0) is 50.2 Å². The summed E-state index contributed by atoms with van der Waals surface area (Å²) >= 11 is 0. The number of pyridine rings is 1. The van der Waals surface area contributed by atoms with Crippen molar-refractivity contribution in [3.05, 3.63) is 36.5 Å². The molecule has 3 rings (SSSR count). The SMILES string of the molecule is CNS(=O)(=O)c1ccc(NC2CCCCC2)c(-c2cc(N(C)C)ccn2)c1. The summed E-state index contributed by atoms with van der Waals surface area (Å²) in [6.07, 6.45) is 7.79. The molecule has 1 aliphatic rings. The number of nitrogens with one attached hydrogen (secondary N) is 2. The van der Waals surface area contributed by atoms with Gasteiger partial charge < -0.3 is 10.2 Å². The molecule has 0 spiro atoms. The second-order valence-electron chi connectivity index (χ2n) is 7.19. The molecule has 1 aliphatic carbocycles. The summed E-state index contributed by atoms with van der Waals surface area (Å²) in [6.45, 7) is 0. The van der Waals surface area contributed by atoms with Gasteiger partial charge in [-0.2, -0.15) is 0 Å². The lowest BCUT2D eigenvalue weighted by Crippen LogP contribution is -2.23. The first-order chi connectivity index (χ1) is 12.9. The zero-order valence-electron chi connectivity index (χ0n) is 16.2. The van der Waals surface area contributed by atoms with Crippen molar-refractivity contribution in [3.8, 4) is 11.3 Å². The van der Waals surface area contributed by atoms with Crippen LogP contribution in [-0.2, 0) is 10.0 Å². The van der Waals surface area contributed by atoms with E-state index in [1.54, 1.807) is 18.3 Å². The molecule has 0 bridgehead atoms. The van der Waals surface area contributed by atoms with Crippen LogP contribution in [-0.4, -0.2) is 40.6 Å². The molecule has 0 aliphatic heterocycles. The molecule has 1 aromatic heterocycles. The summed E-state index contributed by atoms with van der Waals surface area (Å²) in [5, 5.41) is 3.62. The Morgan fingerprint density at radius 1 is 1.07 bits per heavy atom. The van der Waals surface area contributed by atoms with E-state index >= 15 is 0 Å². The number of sulfonamides is 1. The van der Waals surface area contributed by atoms with E-state index in [1.807, 2.05) is 37.2 Å². The van der Waals surface area contributed by atoms with Gasteiger partial charge in [0.1, 0.15) is 0 Å². The fourth-order valence-electron chi connectivity index (χ4n) is 3.46. The van der Waals surface area contributed by atoms with Crippen molar-refractivity contribution < 1.29 is 8.42 Å². The lowest BCUT2D eigenvalue weighted by Gasteiger charge is -2.25. The fraction of sp³-hybridized carbons (Fsp3) is 0.450. The molecule has 2 N–H and O–H groups in total. The van der Waals surface area contributed by atoms with E-state index in [0.717, 1.165) is 35.5 Å². The maximum atomic E-state index is 12.3. The van der Waals surface area contributed by atoms with Crippen molar-refractivity contribution in [2.45, 2.75) is 43.0 Å². The first-order valence-corrected chi connectivity index (χ1v) is 10.9. The summed E-state index contributed by atoms with van der Waals surface area (Å²) < 4.78 is 27.0. The molecule has 1 fully saturated rings. The Labute approximate surface area is 162 Å². The Morgan fingerprint density at radius 3 is 2.48 bits per heavy atom. The van der Waals surface area contributed by atoms with Crippen LogP contribution in [0.4, 0.5) is 11.4 Å². The third-order valence-electron chi connectivity index (χ3n) is 5.07. The molecule has 1 aromatic carbocycles. The van der Waals surface area contributed by atoms with E-state index in [1.165, 1.54) is 26.3 Å². The summed E-state index contributed by atoms with van der Waals surface area (Å²) in [5.41, 5.74) is 3.51. The predicted octanol–water partition coefficient (Wildman–Crippen LogP) is 3.47. The highest BCUT2D eigenvalue weighted by Crippen LogP contribution is 2.33. The molecule has 146 valence electrons. The number of hydrogen-bond donors (Lipinski definition) is 2. The van der Waals surface area contributed by atoms with Crippen LogP contribution in [0.3, 0.4) is 0 Å². The molecular weight excluding hydrogens is 360 g/mol. The monoisotopic (exact) mass is 388 g/mol. The van der Waals surface area contributed by atoms with Gasteiger partial charge in [0.2, 0.25) is 10.0 Å². The Balaban J connectivity index is 2.06. The molecule has 0 radical (unpaired) electrons. The molecule has 0 saturated heterocycles. The van der Waals surface area contributed by atoms with Gasteiger partial charge in [0.05, 0.1) is 10.6 Å². The predicted molar refractivity (Wildman–Crippen MR) is 111 cm³/mol. The number of rotatable bonds is 6. The van der Waals surface area contributed by atoms with Crippen LogP contribution in [0.5, 0.6) is 0 Å². The number of anilines is 2. The van der Waals surface area contributed by atoms with Crippen LogP contribution in [0.2, 0.25) is 0 Å². The quantitative estimate of drug-likeness (QED) is 0.793. The van der Waals surface area contributed by atoms with Gasteiger partial charge in [0.15, 0.2) is 0 Å². The normalized spacial score (nSPS) is 15.5. The van der Waals surface area contributed by atoms with Gasteiger partial charge in [-0.15, -0.1) is 0 Å². The summed E-state index contributed by atoms with van der Waals surface area (Å²) in [7, 11) is 1.85. The fourth-order valence-corrected chi connectivity index (χ4v) is 4.21. The van der Waals surface area contributed by atoms with E-state index < -0.39 is 10.0 Å². The molecule has 0 unspecified atom stereocenters. The van der Waals surface area contributed by atoms with Gasteiger partial charge in [-0.3, -0.25) is 4.98 Å². The highest BCUT2D eigenvalue weighted by Gasteiger charge is 2.19. The molecule has 0 atom stereocenters. The third kappa shape index (κ3) is 4.59. The van der Waals surface area contributed by atoms with Crippen LogP contribution >= 0.6 is 0 Å². The van der Waals surface area contributed by atoms with Gasteiger partial charge in [-0.1, -0.05) is 19.3 Å². The standard InChI is InChI=1S/C20H28N4O2S/c1-21-27(25,26)17-9-10-19(23-15-7-5-4-6-8-15)18(14-17)20-13-16(24(2)3)11-12-22-20/h9-15,21,23H,4-8H2,1-3H3. The molecule has 2 aromatic rings. The molecule has 1 saturated carbocycles. The average Bonchev–Trinajstić information content (AvgIpc) is 2.69. The molecule has 27 heavy (non-hydrogen) atoms.